The third-order valence-corrected chi connectivity index (χ3v) is 13.8. The van der Waals surface area contributed by atoms with Crippen LogP contribution in [-0.2, 0) is 29.0 Å². The predicted molar refractivity (Wildman–Crippen MR) is 159 cm³/mol. The summed E-state index contributed by atoms with van der Waals surface area (Å²) < 4.78 is 52.1. The zero-order chi connectivity index (χ0) is 31.4. The molecular weight excluding hydrogens is 590 g/mol. The van der Waals surface area contributed by atoms with Gasteiger partial charge in [0.05, 0.1) is 52.9 Å². The van der Waals surface area contributed by atoms with Crippen molar-refractivity contribution in [2.75, 3.05) is 31.8 Å². The highest BCUT2D eigenvalue weighted by Crippen LogP contribution is 2.73. The summed E-state index contributed by atoms with van der Waals surface area (Å²) in [5.41, 5.74) is -0.832. The second-order valence-corrected chi connectivity index (χ2v) is 15.9. The number of nitrogens with zero attached hydrogens (tertiary/aromatic N) is 1. The van der Waals surface area contributed by atoms with Crippen LogP contribution in [0, 0.1) is 17.8 Å². The Labute approximate surface area is 258 Å². The Bertz CT molecular complexity index is 1450. The number of carbonyl (C=O) groups excluding carboxylic acids is 1. The summed E-state index contributed by atoms with van der Waals surface area (Å²) in [5.74, 6) is -1.54. The minimum absolute atomic E-state index is 0.118. The fourth-order valence-electron chi connectivity index (χ4n) is 10.7. The highest BCUT2D eigenvalue weighted by Gasteiger charge is 2.87. The van der Waals surface area contributed by atoms with Gasteiger partial charge in [-0.3, -0.25) is 4.72 Å². The molecule has 1 aromatic rings. The maximum Gasteiger partial charge on any atom is 0.340 e. The molecule has 7 rings (SSSR count). The Morgan fingerprint density at radius 1 is 1.09 bits per heavy atom. The molecule has 1 spiro atoms. The number of hydrogen-bond donors (Lipinski definition) is 4. The summed E-state index contributed by atoms with van der Waals surface area (Å²) in [6.07, 6.45) is 1.97. The number of methoxy groups -OCH3 is 3. The van der Waals surface area contributed by atoms with Crippen LogP contribution in [0.5, 0.6) is 0 Å². The number of aliphatic hydroxyl groups is 2. The lowest BCUT2D eigenvalue weighted by molar-refractivity contribution is -0.325. The van der Waals surface area contributed by atoms with E-state index < -0.39 is 56.4 Å². The summed E-state index contributed by atoms with van der Waals surface area (Å²) in [6, 6.07) is 5.65. The van der Waals surface area contributed by atoms with Gasteiger partial charge in [0.1, 0.15) is 16.8 Å². The van der Waals surface area contributed by atoms with E-state index in [-0.39, 0.29) is 53.5 Å². The first-order chi connectivity index (χ1) is 20.9. The maximum absolute atomic E-state index is 14.2. The lowest BCUT2D eigenvalue weighted by Crippen LogP contribution is -2.86. The molecule has 13 heteroatoms. The number of para-hydroxylation sites is 1. The van der Waals surface area contributed by atoms with Crippen molar-refractivity contribution in [3.05, 3.63) is 29.8 Å². The van der Waals surface area contributed by atoms with Gasteiger partial charge in [0.15, 0.2) is 0 Å². The Balaban J connectivity index is 1.35. The normalized spacial score (nSPS) is 48.5. The van der Waals surface area contributed by atoms with Crippen molar-refractivity contribution in [1.82, 2.24) is 10.4 Å². The molecule has 0 amide bonds. The number of anilines is 1. The van der Waals surface area contributed by atoms with Gasteiger partial charge in [-0.05, 0) is 58.1 Å². The van der Waals surface area contributed by atoms with E-state index >= 15 is 0 Å². The van der Waals surface area contributed by atoms with Crippen molar-refractivity contribution in [3.63, 3.8) is 0 Å². The molecule has 3 aliphatic carbocycles. The third-order valence-electron chi connectivity index (χ3n) is 12.6. The lowest BCUT2D eigenvalue weighted by atomic mass is 9.56. The first-order valence-electron chi connectivity index (χ1n) is 15.8. The zero-order valence-corrected chi connectivity index (χ0v) is 26.8. The summed E-state index contributed by atoms with van der Waals surface area (Å²) >= 11 is 0. The molecule has 6 aliphatic rings. The van der Waals surface area contributed by atoms with Crippen LogP contribution >= 0.6 is 0 Å². The van der Waals surface area contributed by atoms with E-state index in [0.29, 0.717) is 32.1 Å². The van der Waals surface area contributed by atoms with Crippen molar-refractivity contribution in [3.8, 4) is 0 Å². The minimum Gasteiger partial charge on any atom is -0.453 e. The predicted octanol–water partition coefficient (Wildman–Crippen LogP) is 1.42. The van der Waals surface area contributed by atoms with Crippen molar-refractivity contribution < 1.29 is 42.4 Å². The molecule has 5 unspecified atom stereocenters. The highest BCUT2D eigenvalue weighted by atomic mass is 32.2. The Kier molecular flexibility index (Phi) is 7.05. The largest absolute Gasteiger partial charge is 0.453 e. The molecule has 4 N–H and O–H groups in total. The van der Waals surface area contributed by atoms with Crippen LogP contribution in [0.4, 0.5) is 5.69 Å². The monoisotopic (exact) mass is 635 g/mol. The third kappa shape index (κ3) is 3.69. The Hall–Kier alpha value is -1.84. The molecule has 244 valence electrons. The number of benzene rings is 1. The van der Waals surface area contributed by atoms with E-state index in [9.17, 15) is 23.4 Å². The summed E-state index contributed by atoms with van der Waals surface area (Å²) in [4.78, 5) is 14.2. The van der Waals surface area contributed by atoms with E-state index in [1.54, 1.807) is 45.6 Å². The number of sulfonamides is 1. The molecule has 3 heterocycles. The molecule has 12 nitrogen and oxygen atoms in total. The molecule has 3 aliphatic heterocycles. The maximum atomic E-state index is 14.2. The van der Waals surface area contributed by atoms with Crippen LogP contribution in [0.15, 0.2) is 24.3 Å². The van der Waals surface area contributed by atoms with Crippen LogP contribution < -0.4 is 10.1 Å². The molecule has 0 aromatic heterocycles. The Morgan fingerprint density at radius 3 is 2.52 bits per heavy atom. The standard InChI is InChI=1S/C31H45N3O9S/c1-6-44(38,39)33-21-10-8-7-9-19(21)27(35)43-29-12-11-18(40-3)15-28-23(29)14-25(34(28)32-17(29)2)30(36)16-22(41-4)20-13-24(28)31(30,37)26(20)42-5/h7-10,17-18,20,22-26,32-33,36-37H,6,11-16H2,1-5H3/t17-,18-,20+,22-,23?,24?,25?,26-,28?,29+,30-,31-/m0/s1. The number of esters is 1. The Morgan fingerprint density at radius 2 is 1.84 bits per heavy atom. The van der Waals surface area contributed by atoms with Crippen molar-refractivity contribution in [1.29, 1.82) is 0 Å². The van der Waals surface area contributed by atoms with Crippen LogP contribution in [0.3, 0.4) is 0 Å². The van der Waals surface area contributed by atoms with E-state index in [1.165, 1.54) is 6.92 Å². The first-order valence-corrected chi connectivity index (χ1v) is 17.4. The number of rotatable bonds is 8. The van der Waals surface area contributed by atoms with Crippen LogP contribution in [0.25, 0.3) is 0 Å². The number of carbonyl (C=O) groups is 1. The molecular formula is C31H45N3O9S. The molecule has 7 bridgehead atoms. The van der Waals surface area contributed by atoms with Crippen molar-refractivity contribution in [2.45, 2.75) is 105 Å². The van der Waals surface area contributed by atoms with Gasteiger partial charge in [-0.25, -0.2) is 23.6 Å². The van der Waals surface area contributed by atoms with Gasteiger partial charge in [0, 0.05) is 45.5 Å². The average molecular weight is 636 g/mol. The van der Waals surface area contributed by atoms with Crippen LogP contribution in [-0.4, -0.2) is 109 Å². The SMILES string of the molecule is CCS(=O)(=O)Nc1ccccc1C(=O)O[C@@]12CC[C@H](OC)CC34C1CC(N3N[C@H]2C)[C@@]1(O)C[C@H](OC)[C@H]2CC4[C@]1(O)[C@H]2OC. The summed E-state index contributed by atoms with van der Waals surface area (Å²) in [7, 11) is 1.29. The van der Waals surface area contributed by atoms with Gasteiger partial charge >= 0.3 is 5.97 Å². The number of piperidine rings is 1. The number of ether oxygens (including phenoxy) is 4. The number of hydrogen-bond acceptors (Lipinski definition) is 11. The number of fused-ring (bicyclic) bond motifs is 2. The molecule has 3 saturated heterocycles. The van der Waals surface area contributed by atoms with Gasteiger partial charge in [-0.1, -0.05) is 12.1 Å². The molecule has 3 saturated carbocycles. The average Bonchev–Trinajstić information content (AvgIpc) is 3.36. The van der Waals surface area contributed by atoms with Gasteiger partial charge in [0.25, 0.3) is 0 Å². The summed E-state index contributed by atoms with van der Waals surface area (Å²) in [6.45, 7) is 3.53. The fourth-order valence-corrected chi connectivity index (χ4v) is 11.4. The summed E-state index contributed by atoms with van der Waals surface area (Å²) in [5, 5.41) is 27.7. The molecule has 44 heavy (non-hydrogen) atoms. The molecule has 13 atom stereocenters. The quantitative estimate of drug-likeness (QED) is 0.307. The lowest BCUT2D eigenvalue weighted by Gasteiger charge is -2.67. The van der Waals surface area contributed by atoms with Gasteiger partial charge in [-0.15, -0.1) is 0 Å². The second-order valence-electron chi connectivity index (χ2n) is 13.8. The molecule has 6 fully saturated rings. The minimum atomic E-state index is -3.64. The van der Waals surface area contributed by atoms with Gasteiger partial charge in [-0.2, -0.15) is 0 Å². The number of hydrazine groups is 1. The van der Waals surface area contributed by atoms with E-state index in [4.69, 9.17) is 18.9 Å². The van der Waals surface area contributed by atoms with Gasteiger partial charge in [0.2, 0.25) is 10.0 Å². The van der Waals surface area contributed by atoms with E-state index in [2.05, 4.69) is 15.2 Å². The molecule has 1 aromatic carbocycles. The van der Waals surface area contributed by atoms with E-state index in [1.807, 2.05) is 6.92 Å². The van der Waals surface area contributed by atoms with E-state index in [0.717, 1.165) is 0 Å². The van der Waals surface area contributed by atoms with Crippen molar-refractivity contribution in [2.24, 2.45) is 17.8 Å². The first kappa shape index (κ1) is 30.8. The smallest absolute Gasteiger partial charge is 0.340 e. The zero-order valence-electron chi connectivity index (χ0n) is 26.0. The van der Waals surface area contributed by atoms with Crippen LogP contribution in [0.2, 0.25) is 0 Å². The second kappa shape index (κ2) is 10.1. The molecule has 0 radical (unpaired) electrons. The highest BCUT2D eigenvalue weighted by molar-refractivity contribution is 7.92. The van der Waals surface area contributed by atoms with Gasteiger partial charge < -0.3 is 29.2 Å². The number of nitrogens with one attached hydrogen (secondary N) is 2. The van der Waals surface area contributed by atoms with Crippen LogP contribution in [0.1, 0.15) is 62.7 Å². The van der Waals surface area contributed by atoms with Crippen molar-refractivity contribution >= 4 is 21.7 Å². The topological polar surface area (TPSA) is 156 Å². The fraction of sp³-hybridized carbons (Fsp3) is 0.774.